The van der Waals surface area contributed by atoms with Crippen LogP contribution in [-0.4, -0.2) is 17.7 Å². The van der Waals surface area contributed by atoms with E-state index in [2.05, 4.69) is 19.8 Å². The van der Waals surface area contributed by atoms with E-state index in [0.717, 1.165) is 5.75 Å². The average molecular weight is 174 g/mol. The Morgan fingerprint density at radius 3 is 2.55 bits per heavy atom. The zero-order valence-electron chi connectivity index (χ0n) is 7.14. The summed E-state index contributed by atoms with van der Waals surface area (Å²) in [7, 11) is 0. The molecule has 0 radical (unpaired) electrons. The monoisotopic (exact) mass is 174 g/mol. The molecule has 0 bridgehead atoms. The van der Waals surface area contributed by atoms with Gasteiger partial charge in [-0.1, -0.05) is 19.8 Å². The van der Waals surface area contributed by atoms with E-state index in [9.17, 15) is 4.39 Å². The molecule has 0 fully saturated rings. The van der Waals surface area contributed by atoms with Gasteiger partial charge in [0, 0.05) is 0 Å². The molecule has 0 N–H and O–H groups in total. The van der Waals surface area contributed by atoms with Crippen molar-refractivity contribution in [2.45, 2.75) is 25.5 Å². The van der Waals surface area contributed by atoms with Crippen molar-refractivity contribution in [3.63, 3.8) is 0 Å². The molecule has 0 saturated heterocycles. The van der Waals surface area contributed by atoms with E-state index < -0.39 is 0 Å². The van der Waals surface area contributed by atoms with Crippen molar-refractivity contribution in [3.05, 3.63) is 0 Å². The molecule has 0 amide bonds. The van der Waals surface area contributed by atoms with Gasteiger partial charge >= 0.3 is 0 Å². The topological polar surface area (TPSA) is 0 Å². The number of hydrogen-bond acceptors (Lipinski definition) is 1. The average Bonchev–Trinajstić information content (AvgIpc) is 1.97. The van der Waals surface area contributed by atoms with E-state index >= 15 is 0 Å². The highest BCUT2D eigenvalue weighted by molar-refractivity contribution is 8.00. The van der Waals surface area contributed by atoms with E-state index in [1.54, 1.807) is 11.8 Å². The summed E-state index contributed by atoms with van der Waals surface area (Å²) in [6.07, 6.45) is 5.91. The molecule has 0 spiro atoms. The Hall–Kier alpha value is -0.160. The molecule has 0 aromatic carbocycles. The number of halogens is 1. The summed E-state index contributed by atoms with van der Waals surface area (Å²) in [4.78, 5) is 0. The minimum absolute atomic E-state index is 0.234. The highest BCUT2D eigenvalue weighted by atomic mass is 32.2. The fourth-order valence-electron chi connectivity index (χ4n) is 0.698. The van der Waals surface area contributed by atoms with Crippen LogP contribution in [0.5, 0.6) is 0 Å². The molecule has 64 valence electrons. The fraction of sp³-hybridized carbons (Fsp3) is 0.778. The predicted octanol–water partition coefficient (Wildman–Crippen LogP) is 2.74. The van der Waals surface area contributed by atoms with Crippen LogP contribution in [0.2, 0.25) is 0 Å². The van der Waals surface area contributed by atoms with Crippen LogP contribution >= 0.6 is 11.8 Å². The summed E-state index contributed by atoms with van der Waals surface area (Å²) in [5, 5.41) is 0.251. The van der Waals surface area contributed by atoms with Gasteiger partial charge in [-0.15, -0.1) is 18.2 Å². The van der Waals surface area contributed by atoms with Gasteiger partial charge in [0.2, 0.25) is 0 Å². The second-order valence-corrected chi connectivity index (χ2v) is 3.99. The molecular formula is C9H15FS. The molecule has 0 aliphatic carbocycles. The van der Waals surface area contributed by atoms with Gasteiger partial charge in [-0.25, -0.2) is 0 Å². The molecule has 0 nitrogen and oxygen atoms in total. The maximum atomic E-state index is 11.7. The maximum Gasteiger partial charge on any atom is 0.0902 e. The third-order valence-electron chi connectivity index (χ3n) is 1.35. The third kappa shape index (κ3) is 5.15. The first kappa shape index (κ1) is 10.8. The van der Waals surface area contributed by atoms with E-state index in [0.29, 0.717) is 12.3 Å². The van der Waals surface area contributed by atoms with Gasteiger partial charge in [0.1, 0.15) is 0 Å². The molecule has 0 saturated carbocycles. The summed E-state index contributed by atoms with van der Waals surface area (Å²) >= 11 is 1.68. The SMILES string of the molecule is C#CC(SCCCF)C(C)C. The second kappa shape index (κ2) is 6.54. The van der Waals surface area contributed by atoms with Crippen LogP contribution in [0.15, 0.2) is 0 Å². The van der Waals surface area contributed by atoms with Crippen LogP contribution in [-0.2, 0) is 0 Å². The zero-order valence-corrected chi connectivity index (χ0v) is 7.96. The lowest BCUT2D eigenvalue weighted by molar-refractivity contribution is 0.489. The van der Waals surface area contributed by atoms with Crippen molar-refractivity contribution in [1.82, 2.24) is 0 Å². The molecule has 1 unspecified atom stereocenters. The van der Waals surface area contributed by atoms with E-state index in [1.165, 1.54) is 0 Å². The van der Waals surface area contributed by atoms with Gasteiger partial charge in [0.25, 0.3) is 0 Å². The normalized spacial score (nSPS) is 13.0. The molecule has 0 aromatic rings. The molecule has 0 aliphatic rings. The smallest absolute Gasteiger partial charge is 0.0902 e. The molecular weight excluding hydrogens is 159 g/mol. The van der Waals surface area contributed by atoms with Crippen molar-refractivity contribution in [1.29, 1.82) is 0 Å². The number of thioether (sulfide) groups is 1. The molecule has 11 heavy (non-hydrogen) atoms. The first-order valence-electron chi connectivity index (χ1n) is 3.86. The van der Waals surface area contributed by atoms with Crippen LogP contribution in [0.25, 0.3) is 0 Å². The molecule has 2 heteroatoms. The lowest BCUT2D eigenvalue weighted by atomic mass is 10.1. The summed E-state index contributed by atoms with van der Waals surface area (Å²) in [6, 6.07) is 0. The Kier molecular flexibility index (Phi) is 6.45. The summed E-state index contributed by atoms with van der Waals surface area (Å²) in [5.74, 6) is 4.03. The predicted molar refractivity (Wildman–Crippen MR) is 50.5 cm³/mol. The maximum absolute atomic E-state index is 11.7. The largest absolute Gasteiger partial charge is 0.251 e. The van der Waals surface area contributed by atoms with Crippen molar-refractivity contribution in [3.8, 4) is 12.3 Å². The van der Waals surface area contributed by atoms with Gasteiger partial charge in [-0.2, -0.15) is 0 Å². The first-order chi connectivity index (χ1) is 5.22. The van der Waals surface area contributed by atoms with Crippen molar-refractivity contribution < 1.29 is 4.39 Å². The Balaban J connectivity index is 3.47. The molecule has 0 heterocycles. The van der Waals surface area contributed by atoms with Gasteiger partial charge in [0.15, 0.2) is 0 Å². The van der Waals surface area contributed by atoms with Crippen LogP contribution in [0, 0.1) is 18.3 Å². The lowest BCUT2D eigenvalue weighted by Crippen LogP contribution is -2.08. The molecule has 0 aromatic heterocycles. The molecule has 0 aliphatic heterocycles. The van der Waals surface area contributed by atoms with Gasteiger partial charge in [-0.05, 0) is 18.1 Å². The number of rotatable bonds is 5. The Morgan fingerprint density at radius 2 is 2.18 bits per heavy atom. The second-order valence-electron chi connectivity index (χ2n) is 2.74. The number of terminal acetylenes is 1. The van der Waals surface area contributed by atoms with Crippen LogP contribution in [0.3, 0.4) is 0 Å². The Bertz CT molecular complexity index is 126. The van der Waals surface area contributed by atoms with Gasteiger partial charge < -0.3 is 0 Å². The summed E-state index contributed by atoms with van der Waals surface area (Å²) in [5.41, 5.74) is 0. The van der Waals surface area contributed by atoms with E-state index in [-0.39, 0.29) is 11.9 Å². The number of hydrogen-bond donors (Lipinski definition) is 0. The summed E-state index contributed by atoms with van der Waals surface area (Å²) < 4.78 is 11.7. The molecule has 0 rings (SSSR count). The first-order valence-corrected chi connectivity index (χ1v) is 4.91. The Morgan fingerprint density at radius 1 is 1.55 bits per heavy atom. The quantitative estimate of drug-likeness (QED) is 0.456. The minimum atomic E-state index is -0.234. The molecule has 1 atom stereocenters. The zero-order chi connectivity index (χ0) is 8.69. The van der Waals surface area contributed by atoms with Crippen LogP contribution in [0.1, 0.15) is 20.3 Å². The summed E-state index contributed by atoms with van der Waals surface area (Å²) in [6.45, 7) is 3.95. The van der Waals surface area contributed by atoms with Crippen molar-refractivity contribution in [2.24, 2.45) is 5.92 Å². The fourth-order valence-corrected chi connectivity index (χ4v) is 1.71. The Labute approximate surface area is 72.9 Å². The van der Waals surface area contributed by atoms with Gasteiger partial charge in [0.05, 0.1) is 11.9 Å². The van der Waals surface area contributed by atoms with Crippen molar-refractivity contribution >= 4 is 11.8 Å². The standard InChI is InChI=1S/C9H15FS/c1-4-9(8(2)3)11-7-5-6-10/h1,8-9H,5-7H2,2-3H3. The van der Waals surface area contributed by atoms with Gasteiger partial charge in [-0.3, -0.25) is 4.39 Å². The van der Waals surface area contributed by atoms with Crippen molar-refractivity contribution in [2.75, 3.05) is 12.4 Å². The third-order valence-corrected chi connectivity index (χ3v) is 2.91. The van der Waals surface area contributed by atoms with Crippen LogP contribution in [0.4, 0.5) is 4.39 Å². The lowest BCUT2D eigenvalue weighted by Gasteiger charge is -2.12. The van der Waals surface area contributed by atoms with E-state index in [1.807, 2.05) is 0 Å². The van der Waals surface area contributed by atoms with E-state index in [4.69, 9.17) is 6.42 Å². The highest BCUT2D eigenvalue weighted by Crippen LogP contribution is 2.18. The minimum Gasteiger partial charge on any atom is -0.251 e. The highest BCUT2D eigenvalue weighted by Gasteiger charge is 2.09. The number of alkyl halides is 1. The van der Waals surface area contributed by atoms with Crippen LogP contribution < -0.4 is 0 Å².